The minimum absolute atomic E-state index is 0.125. The second-order valence-corrected chi connectivity index (χ2v) is 3.72. The standard InChI is InChI=1S/C8H8F2O4S/c1-2-13-15(11,12)14-8-4-6(9)3-7(10)5-8/h3-5H,2H2,1H3. The molecule has 7 heteroatoms. The summed E-state index contributed by atoms with van der Waals surface area (Å²) in [7, 11) is -4.25. The molecule has 0 N–H and O–H groups in total. The molecular weight excluding hydrogens is 230 g/mol. The van der Waals surface area contributed by atoms with Crippen molar-refractivity contribution in [3.8, 4) is 5.75 Å². The molecule has 0 aromatic heterocycles. The fourth-order valence-corrected chi connectivity index (χ4v) is 1.53. The monoisotopic (exact) mass is 238 g/mol. The summed E-state index contributed by atoms with van der Waals surface area (Å²) in [6.07, 6.45) is 0. The summed E-state index contributed by atoms with van der Waals surface area (Å²) in [5, 5.41) is 0. The van der Waals surface area contributed by atoms with Crippen LogP contribution in [0.3, 0.4) is 0 Å². The molecule has 0 saturated heterocycles. The van der Waals surface area contributed by atoms with Crippen LogP contribution < -0.4 is 4.18 Å². The van der Waals surface area contributed by atoms with Gasteiger partial charge in [-0.25, -0.2) is 13.0 Å². The van der Waals surface area contributed by atoms with Crippen molar-refractivity contribution >= 4 is 10.4 Å². The van der Waals surface area contributed by atoms with E-state index in [1.807, 2.05) is 0 Å². The van der Waals surface area contributed by atoms with Crippen LogP contribution in [0.4, 0.5) is 8.78 Å². The third-order valence-corrected chi connectivity index (χ3v) is 2.22. The molecule has 0 heterocycles. The van der Waals surface area contributed by atoms with Gasteiger partial charge in [0.25, 0.3) is 0 Å². The second kappa shape index (κ2) is 4.54. The van der Waals surface area contributed by atoms with Gasteiger partial charge in [-0.2, -0.15) is 8.42 Å². The predicted octanol–water partition coefficient (Wildman–Crippen LogP) is 1.62. The molecule has 1 aromatic rings. The number of hydrogen-bond donors (Lipinski definition) is 0. The van der Waals surface area contributed by atoms with Gasteiger partial charge >= 0.3 is 10.4 Å². The molecule has 0 saturated carbocycles. The maximum Gasteiger partial charge on any atom is 0.449 e. The predicted molar refractivity (Wildman–Crippen MR) is 47.5 cm³/mol. The average molecular weight is 238 g/mol. The van der Waals surface area contributed by atoms with Crippen molar-refractivity contribution < 1.29 is 25.6 Å². The molecule has 0 fully saturated rings. The summed E-state index contributed by atoms with van der Waals surface area (Å²) < 4.78 is 55.6. The zero-order chi connectivity index (χ0) is 11.5. The van der Waals surface area contributed by atoms with E-state index in [1.165, 1.54) is 6.92 Å². The molecule has 15 heavy (non-hydrogen) atoms. The zero-order valence-corrected chi connectivity index (χ0v) is 8.55. The summed E-state index contributed by atoms with van der Waals surface area (Å²) in [4.78, 5) is 0. The molecule has 0 aliphatic carbocycles. The SMILES string of the molecule is CCOS(=O)(=O)Oc1cc(F)cc(F)c1. The summed E-state index contributed by atoms with van der Waals surface area (Å²) >= 11 is 0. The maximum atomic E-state index is 12.6. The van der Waals surface area contributed by atoms with Crippen LogP contribution in [-0.4, -0.2) is 15.0 Å². The van der Waals surface area contributed by atoms with Crippen LogP contribution in [0.25, 0.3) is 0 Å². The highest BCUT2D eigenvalue weighted by Gasteiger charge is 2.13. The molecular formula is C8H8F2O4S. The lowest BCUT2D eigenvalue weighted by Gasteiger charge is -2.05. The lowest BCUT2D eigenvalue weighted by atomic mass is 10.3. The van der Waals surface area contributed by atoms with E-state index >= 15 is 0 Å². The van der Waals surface area contributed by atoms with Crippen molar-refractivity contribution in [2.75, 3.05) is 6.61 Å². The summed E-state index contributed by atoms with van der Waals surface area (Å²) in [5.74, 6) is -2.34. The Morgan fingerprint density at radius 2 is 1.73 bits per heavy atom. The highest BCUT2D eigenvalue weighted by molar-refractivity contribution is 7.82. The largest absolute Gasteiger partial charge is 0.449 e. The fourth-order valence-electron chi connectivity index (χ4n) is 0.863. The van der Waals surface area contributed by atoms with Crippen LogP contribution in [0.1, 0.15) is 6.92 Å². The Labute approximate surface area is 85.8 Å². The lowest BCUT2D eigenvalue weighted by molar-refractivity contribution is 0.287. The highest BCUT2D eigenvalue weighted by atomic mass is 32.3. The Balaban J connectivity index is 2.90. The Bertz CT molecular complexity index is 424. The van der Waals surface area contributed by atoms with Crippen LogP contribution in [0, 0.1) is 11.6 Å². The molecule has 0 radical (unpaired) electrons. The molecule has 1 aromatic carbocycles. The van der Waals surface area contributed by atoms with Crippen molar-refractivity contribution in [3.05, 3.63) is 29.8 Å². The van der Waals surface area contributed by atoms with E-state index in [0.29, 0.717) is 6.07 Å². The third kappa shape index (κ3) is 3.80. The number of hydrogen-bond acceptors (Lipinski definition) is 4. The van der Waals surface area contributed by atoms with Crippen LogP contribution in [0.5, 0.6) is 5.75 Å². The molecule has 0 amide bonds. The van der Waals surface area contributed by atoms with Crippen LogP contribution >= 0.6 is 0 Å². The molecule has 0 spiro atoms. The molecule has 0 aliphatic rings. The topological polar surface area (TPSA) is 52.6 Å². The average Bonchev–Trinajstić information content (AvgIpc) is 1.99. The molecule has 0 unspecified atom stereocenters. The number of benzene rings is 1. The quantitative estimate of drug-likeness (QED) is 0.799. The van der Waals surface area contributed by atoms with E-state index in [0.717, 1.165) is 12.1 Å². The highest BCUT2D eigenvalue weighted by Crippen LogP contribution is 2.17. The van der Waals surface area contributed by atoms with E-state index in [4.69, 9.17) is 0 Å². The molecule has 84 valence electrons. The third-order valence-electron chi connectivity index (χ3n) is 1.30. The van der Waals surface area contributed by atoms with Gasteiger partial charge in [-0.3, -0.25) is 0 Å². The van der Waals surface area contributed by atoms with E-state index < -0.39 is 27.8 Å². The minimum atomic E-state index is -4.25. The first-order valence-corrected chi connectivity index (χ1v) is 5.31. The van der Waals surface area contributed by atoms with Gasteiger partial charge in [0.15, 0.2) is 5.75 Å². The van der Waals surface area contributed by atoms with Gasteiger partial charge in [0.2, 0.25) is 0 Å². The van der Waals surface area contributed by atoms with Gasteiger partial charge in [0, 0.05) is 18.2 Å². The Morgan fingerprint density at radius 1 is 1.20 bits per heavy atom. The minimum Gasteiger partial charge on any atom is -0.361 e. The summed E-state index contributed by atoms with van der Waals surface area (Å²) in [5.41, 5.74) is 0. The molecule has 4 nitrogen and oxygen atoms in total. The van der Waals surface area contributed by atoms with Crippen molar-refractivity contribution in [1.29, 1.82) is 0 Å². The fraction of sp³-hybridized carbons (Fsp3) is 0.250. The first-order valence-electron chi connectivity index (χ1n) is 3.98. The van der Waals surface area contributed by atoms with Crippen molar-refractivity contribution in [1.82, 2.24) is 0 Å². The van der Waals surface area contributed by atoms with Gasteiger partial charge in [0.1, 0.15) is 11.6 Å². The second-order valence-electron chi connectivity index (χ2n) is 2.50. The first-order chi connectivity index (χ1) is 6.93. The normalized spacial score (nSPS) is 11.4. The molecule has 1 rings (SSSR count). The van der Waals surface area contributed by atoms with E-state index in [2.05, 4.69) is 8.37 Å². The zero-order valence-electron chi connectivity index (χ0n) is 7.74. The lowest BCUT2D eigenvalue weighted by Crippen LogP contribution is -2.13. The van der Waals surface area contributed by atoms with E-state index in [-0.39, 0.29) is 6.61 Å². The van der Waals surface area contributed by atoms with Crippen LogP contribution in [-0.2, 0) is 14.6 Å². The van der Waals surface area contributed by atoms with Gasteiger partial charge in [-0.15, -0.1) is 0 Å². The van der Waals surface area contributed by atoms with Gasteiger partial charge in [-0.05, 0) is 6.92 Å². The number of halogens is 2. The van der Waals surface area contributed by atoms with Crippen molar-refractivity contribution in [2.45, 2.75) is 6.92 Å². The van der Waals surface area contributed by atoms with Gasteiger partial charge in [0.05, 0.1) is 6.61 Å². The van der Waals surface area contributed by atoms with E-state index in [9.17, 15) is 17.2 Å². The molecule has 0 bridgehead atoms. The summed E-state index contributed by atoms with van der Waals surface area (Å²) in [6, 6.07) is 2.07. The van der Waals surface area contributed by atoms with Crippen LogP contribution in [0.2, 0.25) is 0 Å². The van der Waals surface area contributed by atoms with Crippen molar-refractivity contribution in [3.63, 3.8) is 0 Å². The maximum absolute atomic E-state index is 12.6. The summed E-state index contributed by atoms with van der Waals surface area (Å²) in [6.45, 7) is 1.31. The molecule has 0 aliphatic heterocycles. The molecule has 0 atom stereocenters. The number of rotatable bonds is 4. The Hall–Kier alpha value is -1.21. The van der Waals surface area contributed by atoms with Crippen molar-refractivity contribution in [2.24, 2.45) is 0 Å². The van der Waals surface area contributed by atoms with Gasteiger partial charge in [-0.1, -0.05) is 0 Å². The smallest absolute Gasteiger partial charge is 0.361 e. The Morgan fingerprint density at radius 3 is 2.20 bits per heavy atom. The van der Waals surface area contributed by atoms with Crippen LogP contribution in [0.15, 0.2) is 18.2 Å². The van der Waals surface area contributed by atoms with E-state index in [1.54, 1.807) is 0 Å². The first kappa shape index (κ1) is 11.9. The van der Waals surface area contributed by atoms with Gasteiger partial charge < -0.3 is 4.18 Å². The Kier molecular flexibility index (Phi) is 3.59.